The van der Waals surface area contributed by atoms with Gasteiger partial charge in [-0.1, -0.05) is 65.3 Å². The van der Waals surface area contributed by atoms with Gasteiger partial charge in [-0.15, -0.1) is 0 Å². The van der Waals surface area contributed by atoms with Crippen LogP contribution in [0.2, 0.25) is 0 Å². The van der Waals surface area contributed by atoms with Crippen molar-refractivity contribution in [2.75, 3.05) is 6.54 Å². The maximum Gasteiger partial charge on any atom is 0.0216 e. The molecule has 2 rings (SSSR count). The molecule has 0 aliphatic carbocycles. The highest BCUT2D eigenvalue weighted by molar-refractivity contribution is 9.10. The minimum absolute atomic E-state index is 0.675. The van der Waals surface area contributed by atoms with E-state index < -0.39 is 0 Å². The monoisotopic (exact) mass is 363 g/mol. The highest BCUT2D eigenvalue weighted by atomic mass is 79.9. The molecule has 0 saturated heterocycles. The van der Waals surface area contributed by atoms with Gasteiger partial charge >= 0.3 is 0 Å². The Kier molecular flexibility index (Phi) is 6.34. The number of benzene rings is 2. The lowest BCUT2D eigenvalue weighted by atomic mass is 10.2. The number of nitrogens with one attached hydrogen (secondary N) is 1. The summed E-state index contributed by atoms with van der Waals surface area (Å²) in [7, 11) is 0. The summed E-state index contributed by atoms with van der Waals surface area (Å²) < 4.78 is 1.13. The smallest absolute Gasteiger partial charge is 0.0216 e. The SMILES string of the molecule is Cc1ccc(Sc2cc(Br)ccc2CNCC(C)C)cc1. The molecule has 0 radical (unpaired) electrons. The normalized spacial score (nSPS) is 11.1. The standard InChI is InChI=1S/C18H22BrNS/c1-13(2)11-20-12-15-6-7-16(19)10-18(15)21-17-8-4-14(3)5-9-17/h4-10,13,20H,11-12H2,1-3H3. The van der Waals surface area contributed by atoms with Crippen molar-refractivity contribution >= 4 is 27.7 Å². The molecular weight excluding hydrogens is 342 g/mol. The number of aryl methyl sites for hydroxylation is 1. The van der Waals surface area contributed by atoms with Crippen LogP contribution in [-0.2, 0) is 6.54 Å². The van der Waals surface area contributed by atoms with Crippen molar-refractivity contribution in [2.45, 2.75) is 37.1 Å². The van der Waals surface area contributed by atoms with Crippen molar-refractivity contribution in [3.05, 3.63) is 58.1 Å². The van der Waals surface area contributed by atoms with E-state index >= 15 is 0 Å². The molecule has 112 valence electrons. The van der Waals surface area contributed by atoms with Crippen molar-refractivity contribution in [1.82, 2.24) is 5.32 Å². The fraction of sp³-hybridized carbons (Fsp3) is 0.333. The Morgan fingerprint density at radius 3 is 2.48 bits per heavy atom. The number of rotatable bonds is 6. The van der Waals surface area contributed by atoms with Gasteiger partial charge < -0.3 is 5.32 Å². The van der Waals surface area contributed by atoms with Crippen molar-refractivity contribution < 1.29 is 0 Å². The summed E-state index contributed by atoms with van der Waals surface area (Å²) in [6.45, 7) is 8.55. The Balaban J connectivity index is 2.12. The van der Waals surface area contributed by atoms with Gasteiger partial charge in [-0.05, 0) is 49.2 Å². The number of halogens is 1. The maximum atomic E-state index is 3.58. The van der Waals surface area contributed by atoms with Gasteiger partial charge in [0.2, 0.25) is 0 Å². The van der Waals surface area contributed by atoms with Crippen LogP contribution in [-0.4, -0.2) is 6.54 Å². The third kappa shape index (κ3) is 5.50. The van der Waals surface area contributed by atoms with Crippen LogP contribution in [0.5, 0.6) is 0 Å². The van der Waals surface area contributed by atoms with Crippen LogP contribution >= 0.6 is 27.7 Å². The van der Waals surface area contributed by atoms with Gasteiger partial charge in [0.05, 0.1) is 0 Å². The number of hydrogen-bond acceptors (Lipinski definition) is 2. The molecule has 0 aliphatic heterocycles. The molecule has 3 heteroatoms. The molecule has 21 heavy (non-hydrogen) atoms. The second kappa shape index (κ2) is 8.02. The van der Waals surface area contributed by atoms with Crippen LogP contribution < -0.4 is 5.32 Å². The van der Waals surface area contributed by atoms with Crippen molar-refractivity contribution in [3.8, 4) is 0 Å². The Morgan fingerprint density at radius 1 is 1.10 bits per heavy atom. The third-order valence-electron chi connectivity index (χ3n) is 3.15. The van der Waals surface area contributed by atoms with Crippen molar-refractivity contribution in [1.29, 1.82) is 0 Å². The van der Waals surface area contributed by atoms with E-state index in [1.54, 1.807) is 0 Å². The zero-order valence-corrected chi connectivity index (χ0v) is 15.2. The largest absolute Gasteiger partial charge is 0.312 e. The molecule has 0 bridgehead atoms. The van der Waals surface area contributed by atoms with E-state index in [9.17, 15) is 0 Å². The fourth-order valence-corrected chi connectivity index (χ4v) is 3.49. The first-order chi connectivity index (χ1) is 10.0. The summed E-state index contributed by atoms with van der Waals surface area (Å²) in [5.41, 5.74) is 2.65. The van der Waals surface area contributed by atoms with E-state index in [-0.39, 0.29) is 0 Å². The lowest BCUT2D eigenvalue weighted by Gasteiger charge is -2.12. The Labute approximate surface area is 140 Å². The van der Waals surface area contributed by atoms with Crippen LogP contribution in [0, 0.1) is 12.8 Å². The van der Waals surface area contributed by atoms with Crippen LogP contribution in [0.4, 0.5) is 0 Å². The quantitative estimate of drug-likeness (QED) is 0.710. The molecule has 0 spiro atoms. The van der Waals surface area contributed by atoms with E-state index in [2.05, 4.69) is 84.5 Å². The van der Waals surface area contributed by atoms with Crippen molar-refractivity contribution in [2.24, 2.45) is 5.92 Å². The molecule has 2 aromatic carbocycles. The van der Waals surface area contributed by atoms with E-state index in [0.717, 1.165) is 17.6 Å². The molecule has 1 N–H and O–H groups in total. The molecule has 0 heterocycles. The third-order valence-corrected chi connectivity index (χ3v) is 4.75. The summed E-state index contributed by atoms with van der Waals surface area (Å²) in [5.74, 6) is 0.675. The zero-order chi connectivity index (χ0) is 15.2. The summed E-state index contributed by atoms with van der Waals surface area (Å²) in [4.78, 5) is 2.59. The molecule has 0 aliphatic rings. The lowest BCUT2D eigenvalue weighted by molar-refractivity contribution is 0.550. The molecule has 0 aromatic heterocycles. The van der Waals surface area contributed by atoms with Gasteiger partial charge in [0, 0.05) is 20.8 Å². The molecule has 0 amide bonds. The van der Waals surface area contributed by atoms with Gasteiger partial charge in [0.15, 0.2) is 0 Å². The number of hydrogen-bond donors (Lipinski definition) is 1. The van der Waals surface area contributed by atoms with Crippen LogP contribution in [0.1, 0.15) is 25.0 Å². The summed E-state index contributed by atoms with van der Waals surface area (Å²) >= 11 is 5.40. The van der Waals surface area contributed by atoms with E-state index in [1.807, 2.05) is 11.8 Å². The average molecular weight is 364 g/mol. The van der Waals surface area contributed by atoms with Gasteiger partial charge in [-0.2, -0.15) is 0 Å². The Bertz CT molecular complexity index is 578. The second-order valence-electron chi connectivity index (χ2n) is 5.69. The van der Waals surface area contributed by atoms with E-state index in [0.29, 0.717) is 5.92 Å². The Morgan fingerprint density at radius 2 is 1.81 bits per heavy atom. The van der Waals surface area contributed by atoms with E-state index in [1.165, 1.54) is 20.9 Å². The molecular formula is C18H22BrNS. The fourth-order valence-electron chi connectivity index (χ4n) is 2.00. The maximum absolute atomic E-state index is 3.58. The predicted molar refractivity (Wildman–Crippen MR) is 96.0 cm³/mol. The zero-order valence-electron chi connectivity index (χ0n) is 12.8. The first kappa shape index (κ1) is 16.6. The first-order valence-electron chi connectivity index (χ1n) is 7.28. The average Bonchev–Trinajstić information content (AvgIpc) is 2.43. The summed E-state index contributed by atoms with van der Waals surface area (Å²) in [6.07, 6.45) is 0. The topological polar surface area (TPSA) is 12.0 Å². The molecule has 0 unspecified atom stereocenters. The van der Waals surface area contributed by atoms with E-state index in [4.69, 9.17) is 0 Å². The highest BCUT2D eigenvalue weighted by Gasteiger charge is 2.06. The molecule has 1 nitrogen and oxygen atoms in total. The second-order valence-corrected chi connectivity index (χ2v) is 7.72. The van der Waals surface area contributed by atoms with Gasteiger partial charge in [-0.3, -0.25) is 0 Å². The molecule has 0 fully saturated rings. The predicted octanol–water partition coefficient (Wildman–Crippen LogP) is 5.65. The van der Waals surface area contributed by atoms with Gasteiger partial charge in [0.1, 0.15) is 0 Å². The molecule has 2 aromatic rings. The van der Waals surface area contributed by atoms with Crippen LogP contribution in [0.25, 0.3) is 0 Å². The van der Waals surface area contributed by atoms with Crippen molar-refractivity contribution in [3.63, 3.8) is 0 Å². The first-order valence-corrected chi connectivity index (χ1v) is 8.89. The summed E-state index contributed by atoms with van der Waals surface area (Å²) in [6, 6.07) is 15.2. The Hall–Kier alpha value is -0.770. The minimum atomic E-state index is 0.675. The van der Waals surface area contributed by atoms with Gasteiger partial charge in [0.25, 0.3) is 0 Å². The van der Waals surface area contributed by atoms with Gasteiger partial charge in [-0.25, -0.2) is 0 Å². The summed E-state index contributed by atoms with van der Waals surface area (Å²) in [5, 5.41) is 3.53. The minimum Gasteiger partial charge on any atom is -0.312 e. The molecule has 0 saturated carbocycles. The van der Waals surface area contributed by atoms with Crippen LogP contribution in [0.3, 0.4) is 0 Å². The molecule has 0 atom stereocenters. The lowest BCUT2D eigenvalue weighted by Crippen LogP contribution is -2.19. The highest BCUT2D eigenvalue weighted by Crippen LogP contribution is 2.32. The van der Waals surface area contributed by atoms with Crippen LogP contribution in [0.15, 0.2) is 56.7 Å².